The zero-order valence-electron chi connectivity index (χ0n) is 14.8. The van der Waals surface area contributed by atoms with Crippen molar-refractivity contribution in [1.82, 2.24) is 38.9 Å². The summed E-state index contributed by atoms with van der Waals surface area (Å²) in [5.74, 6) is 1.43. The van der Waals surface area contributed by atoms with Gasteiger partial charge >= 0.3 is 5.69 Å². The summed E-state index contributed by atoms with van der Waals surface area (Å²) < 4.78 is 2.98. The number of aromatic amines is 1. The van der Waals surface area contributed by atoms with Crippen molar-refractivity contribution in [1.29, 1.82) is 0 Å². The van der Waals surface area contributed by atoms with Gasteiger partial charge in [0.1, 0.15) is 17.7 Å². The van der Waals surface area contributed by atoms with E-state index in [2.05, 4.69) is 35.2 Å². The molecule has 0 bridgehead atoms. The lowest BCUT2D eigenvalue weighted by Crippen LogP contribution is -2.31. The van der Waals surface area contributed by atoms with E-state index < -0.39 is 0 Å². The number of fused-ring (bicyclic) bond motifs is 2. The maximum atomic E-state index is 13.1. The minimum absolute atomic E-state index is 0.244. The van der Waals surface area contributed by atoms with E-state index in [0.717, 1.165) is 0 Å². The molecule has 0 fully saturated rings. The molecule has 5 aromatic rings. The smallest absolute Gasteiger partial charge is 0.341 e. The average molecular weight is 373 g/mol. The summed E-state index contributed by atoms with van der Waals surface area (Å²) in [5, 5.41) is 3.30. The molecule has 0 spiro atoms. The van der Waals surface area contributed by atoms with E-state index in [1.54, 1.807) is 23.3 Å². The number of nitrogens with one attached hydrogen (secondary N) is 2. The standard InChI is InChI=1S/C18H15N9O/c1-11(24-15-13-14(21-9-20-13)22-10-23-15)16-25-17-19-7-8-26(17)18(28)27(16)12-5-3-2-4-6-12/h2-11H,1H3,(H2,20,21,22,23,24). The van der Waals surface area contributed by atoms with E-state index in [1.807, 2.05) is 37.3 Å². The van der Waals surface area contributed by atoms with Gasteiger partial charge in [-0.15, -0.1) is 0 Å². The summed E-state index contributed by atoms with van der Waals surface area (Å²) in [6, 6.07) is 9.02. The fourth-order valence-electron chi connectivity index (χ4n) is 3.14. The van der Waals surface area contributed by atoms with Crippen LogP contribution in [0.2, 0.25) is 0 Å². The van der Waals surface area contributed by atoms with Gasteiger partial charge in [-0.2, -0.15) is 4.98 Å². The van der Waals surface area contributed by atoms with Crippen LogP contribution in [0.5, 0.6) is 0 Å². The van der Waals surface area contributed by atoms with E-state index in [-0.39, 0.29) is 11.7 Å². The van der Waals surface area contributed by atoms with Crippen LogP contribution < -0.4 is 11.0 Å². The Kier molecular flexibility index (Phi) is 3.61. The lowest BCUT2D eigenvalue weighted by molar-refractivity contribution is 0.692. The number of hydrogen-bond acceptors (Lipinski definition) is 7. The number of H-pyrrole nitrogens is 1. The van der Waals surface area contributed by atoms with Crippen LogP contribution in [0, 0.1) is 0 Å². The van der Waals surface area contributed by atoms with Crippen molar-refractivity contribution in [2.24, 2.45) is 0 Å². The molecule has 10 nitrogen and oxygen atoms in total. The molecule has 0 amide bonds. The van der Waals surface area contributed by atoms with Gasteiger partial charge in [-0.3, -0.25) is 0 Å². The summed E-state index contributed by atoms with van der Waals surface area (Å²) in [4.78, 5) is 37.5. The third-order valence-corrected chi connectivity index (χ3v) is 4.44. The molecule has 2 N–H and O–H groups in total. The van der Waals surface area contributed by atoms with Crippen molar-refractivity contribution in [2.45, 2.75) is 13.0 Å². The second kappa shape index (κ2) is 6.27. The number of benzene rings is 1. The fraction of sp³-hybridized carbons (Fsp3) is 0.111. The SMILES string of the molecule is CC(Nc1ncnc2nc[nH]c12)c1nc2nccn2c(=O)n1-c1ccccc1. The van der Waals surface area contributed by atoms with Gasteiger partial charge in [0.25, 0.3) is 0 Å². The van der Waals surface area contributed by atoms with Crippen LogP contribution in [-0.4, -0.2) is 38.9 Å². The molecule has 4 aromatic heterocycles. The number of nitrogens with zero attached hydrogens (tertiary/aromatic N) is 7. The van der Waals surface area contributed by atoms with Crippen molar-refractivity contribution in [3.63, 3.8) is 0 Å². The van der Waals surface area contributed by atoms with E-state index >= 15 is 0 Å². The topological polar surface area (TPSA) is 119 Å². The Hall–Kier alpha value is -4.08. The van der Waals surface area contributed by atoms with Gasteiger partial charge in [0.2, 0.25) is 5.78 Å². The zero-order valence-corrected chi connectivity index (χ0v) is 14.8. The Labute approximate surface area is 158 Å². The highest BCUT2D eigenvalue weighted by Gasteiger charge is 2.20. The van der Waals surface area contributed by atoms with Gasteiger partial charge in [-0.1, -0.05) is 18.2 Å². The lowest BCUT2D eigenvalue weighted by Gasteiger charge is -2.19. The van der Waals surface area contributed by atoms with Gasteiger partial charge in [0.15, 0.2) is 11.5 Å². The minimum atomic E-state index is -0.351. The molecule has 1 atom stereocenters. The number of para-hydroxylation sites is 1. The molecule has 4 heterocycles. The molecule has 10 heteroatoms. The van der Waals surface area contributed by atoms with E-state index in [4.69, 9.17) is 0 Å². The normalized spacial score (nSPS) is 12.5. The highest BCUT2D eigenvalue weighted by Crippen LogP contribution is 2.22. The number of hydrogen-bond donors (Lipinski definition) is 2. The molecule has 1 unspecified atom stereocenters. The Morgan fingerprint density at radius 3 is 2.82 bits per heavy atom. The van der Waals surface area contributed by atoms with Crippen molar-refractivity contribution >= 4 is 22.8 Å². The maximum Gasteiger partial charge on any atom is 0.341 e. The van der Waals surface area contributed by atoms with E-state index in [0.29, 0.717) is 34.3 Å². The first-order valence-electron chi connectivity index (χ1n) is 8.64. The van der Waals surface area contributed by atoms with Crippen LogP contribution in [0.25, 0.3) is 22.6 Å². The Morgan fingerprint density at radius 1 is 1.11 bits per heavy atom. The number of imidazole rings is 2. The van der Waals surface area contributed by atoms with Gasteiger partial charge in [-0.25, -0.2) is 33.7 Å². The first-order valence-corrected chi connectivity index (χ1v) is 8.64. The molecule has 0 aliphatic carbocycles. The number of aromatic nitrogens is 8. The Balaban J connectivity index is 1.67. The molecule has 0 radical (unpaired) electrons. The lowest BCUT2D eigenvalue weighted by atomic mass is 10.2. The fourth-order valence-corrected chi connectivity index (χ4v) is 3.14. The van der Waals surface area contributed by atoms with Crippen molar-refractivity contribution < 1.29 is 0 Å². The molecule has 0 aliphatic rings. The van der Waals surface area contributed by atoms with Crippen LogP contribution in [-0.2, 0) is 0 Å². The van der Waals surface area contributed by atoms with E-state index in [1.165, 1.54) is 10.7 Å². The second-order valence-corrected chi connectivity index (χ2v) is 6.21. The Bertz CT molecular complexity index is 1340. The molecule has 5 rings (SSSR count). The molecule has 138 valence electrons. The second-order valence-electron chi connectivity index (χ2n) is 6.21. The molecule has 1 aromatic carbocycles. The first-order chi connectivity index (χ1) is 13.7. The maximum absolute atomic E-state index is 13.1. The zero-order chi connectivity index (χ0) is 19.1. The van der Waals surface area contributed by atoms with Crippen molar-refractivity contribution in [3.8, 4) is 5.69 Å². The largest absolute Gasteiger partial charge is 0.358 e. The summed E-state index contributed by atoms with van der Waals surface area (Å²) in [6.07, 6.45) is 6.15. The summed E-state index contributed by atoms with van der Waals surface area (Å²) in [7, 11) is 0. The predicted octanol–water partition coefficient (Wildman–Crippen LogP) is 1.72. The number of rotatable bonds is 4. The summed E-state index contributed by atoms with van der Waals surface area (Å²) in [5.41, 5.74) is 1.71. The van der Waals surface area contributed by atoms with Crippen LogP contribution in [0.1, 0.15) is 18.8 Å². The predicted molar refractivity (Wildman–Crippen MR) is 102 cm³/mol. The molecular formula is C18H15N9O. The highest BCUT2D eigenvalue weighted by molar-refractivity contribution is 5.82. The van der Waals surface area contributed by atoms with Crippen LogP contribution in [0.4, 0.5) is 5.82 Å². The van der Waals surface area contributed by atoms with Crippen LogP contribution in [0.15, 0.2) is 60.2 Å². The van der Waals surface area contributed by atoms with Gasteiger partial charge in [-0.05, 0) is 19.1 Å². The number of anilines is 1. The molecule has 0 saturated carbocycles. The summed E-state index contributed by atoms with van der Waals surface area (Å²) >= 11 is 0. The monoisotopic (exact) mass is 373 g/mol. The minimum Gasteiger partial charge on any atom is -0.358 e. The summed E-state index contributed by atoms with van der Waals surface area (Å²) in [6.45, 7) is 1.91. The molecule has 0 aliphatic heterocycles. The Morgan fingerprint density at radius 2 is 1.96 bits per heavy atom. The van der Waals surface area contributed by atoms with Gasteiger partial charge in [0.05, 0.1) is 18.1 Å². The van der Waals surface area contributed by atoms with Gasteiger partial charge < -0.3 is 10.3 Å². The van der Waals surface area contributed by atoms with Crippen molar-refractivity contribution in [2.75, 3.05) is 5.32 Å². The van der Waals surface area contributed by atoms with Crippen LogP contribution in [0.3, 0.4) is 0 Å². The third-order valence-electron chi connectivity index (χ3n) is 4.44. The van der Waals surface area contributed by atoms with Crippen LogP contribution >= 0.6 is 0 Å². The first kappa shape index (κ1) is 16.1. The van der Waals surface area contributed by atoms with E-state index in [9.17, 15) is 4.79 Å². The third kappa shape index (κ3) is 2.50. The molecular weight excluding hydrogens is 358 g/mol. The van der Waals surface area contributed by atoms with Crippen molar-refractivity contribution in [3.05, 3.63) is 71.7 Å². The molecule has 28 heavy (non-hydrogen) atoms. The highest BCUT2D eigenvalue weighted by atomic mass is 16.1. The average Bonchev–Trinajstić information content (AvgIpc) is 3.38. The quantitative estimate of drug-likeness (QED) is 0.492. The molecule has 0 saturated heterocycles. The van der Waals surface area contributed by atoms with Gasteiger partial charge in [0, 0.05) is 12.4 Å².